The number of nitrogens with zero attached hydrogens (tertiary/aromatic N) is 3. The molecule has 0 bridgehead atoms. The van der Waals surface area contributed by atoms with Gasteiger partial charge in [-0.2, -0.15) is 4.98 Å². The van der Waals surface area contributed by atoms with Crippen molar-refractivity contribution < 1.29 is 9.53 Å². The summed E-state index contributed by atoms with van der Waals surface area (Å²) in [5.74, 6) is 0.665. The zero-order valence-corrected chi connectivity index (χ0v) is 13.6. The molecule has 7 heteroatoms. The van der Waals surface area contributed by atoms with Gasteiger partial charge in [-0.15, -0.1) is 0 Å². The van der Waals surface area contributed by atoms with Gasteiger partial charge in [0.2, 0.25) is 11.8 Å². The van der Waals surface area contributed by atoms with Crippen LogP contribution in [0.1, 0.15) is 18.4 Å². The predicted molar refractivity (Wildman–Crippen MR) is 90.2 cm³/mol. The average Bonchev–Trinajstić information content (AvgIpc) is 3.09. The van der Waals surface area contributed by atoms with E-state index in [2.05, 4.69) is 37.9 Å². The third-order valence-electron chi connectivity index (χ3n) is 4.03. The summed E-state index contributed by atoms with van der Waals surface area (Å²) in [6, 6.07) is 11.7. The molecular formula is C17H21N5O2. The molecule has 1 unspecified atom stereocenters. The summed E-state index contributed by atoms with van der Waals surface area (Å²) >= 11 is 0. The molecule has 0 radical (unpaired) electrons. The van der Waals surface area contributed by atoms with Crippen molar-refractivity contribution in [2.45, 2.75) is 25.4 Å². The Morgan fingerprint density at radius 1 is 1.33 bits per heavy atom. The second-order valence-corrected chi connectivity index (χ2v) is 5.65. The van der Waals surface area contributed by atoms with Gasteiger partial charge < -0.3 is 4.74 Å². The molecule has 2 heterocycles. The van der Waals surface area contributed by atoms with Crippen molar-refractivity contribution in [2.75, 3.05) is 19.1 Å². The van der Waals surface area contributed by atoms with E-state index in [1.54, 1.807) is 12.3 Å². The number of anilines is 1. The van der Waals surface area contributed by atoms with Crippen LogP contribution < -0.4 is 15.6 Å². The molecule has 0 spiro atoms. The van der Waals surface area contributed by atoms with Gasteiger partial charge in [0.15, 0.2) is 0 Å². The third-order valence-corrected chi connectivity index (χ3v) is 4.03. The highest BCUT2D eigenvalue weighted by molar-refractivity contribution is 5.82. The summed E-state index contributed by atoms with van der Waals surface area (Å²) < 4.78 is 5.03. The van der Waals surface area contributed by atoms with E-state index in [9.17, 15) is 4.79 Å². The SMILES string of the molecule is COc1ccnc(NNC(=O)C2CCCN2Cc2ccccc2)n1. The van der Waals surface area contributed by atoms with Crippen LogP contribution >= 0.6 is 0 Å². The maximum atomic E-state index is 12.5. The standard InChI is InChI=1S/C17H21N5O2/c1-24-15-9-10-18-17(19-15)21-20-16(23)14-8-5-11-22(14)12-13-6-3-2-4-7-13/h2-4,6-7,9-10,14H,5,8,11-12H2,1H3,(H,20,23)(H,18,19,21). The molecule has 1 aromatic carbocycles. The number of hydrazine groups is 1. The zero-order valence-electron chi connectivity index (χ0n) is 13.6. The molecule has 2 N–H and O–H groups in total. The number of carbonyl (C=O) groups excluding carboxylic acids is 1. The van der Waals surface area contributed by atoms with Crippen molar-refractivity contribution in [3.8, 4) is 5.88 Å². The highest BCUT2D eigenvalue weighted by atomic mass is 16.5. The molecule has 1 aliphatic heterocycles. The molecule has 7 nitrogen and oxygen atoms in total. The highest BCUT2D eigenvalue weighted by Gasteiger charge is 2.30. The number of hydrogen-bond donors (Lipinski definition) is 2. The van der Waals surface area contributed by atoms with Crippen molar-refractivity contribution >= 4 is 11.9 Å². The van der Waals surface area contributed by atoms with Gasteiger partial charge >= 0.3 is 0 Å². The number of benzene rings is 1. The fourth-order valence-electron chi connectivity index (χ4n) is 2.85. The van der Waals surface area contributed by atoms with E-state index in [0.29, 0.717) is 11.8 Å². The molecule has 1 aromatic heterocycles. The van der Waals surface area contributed by atoms with Gasteiger partial charge in [-0.05, 0) is 24.9 Å². The zero-order chi connectivity index (χ0) is 16.8. The van der Waals surface area contributed by atoms with E-state index in [1.807, 2.05) is 18.2 Å². The molecule has 1 atom stereocenters. The Morgan fingerprint density at radius 2 is 2.17 bits per heavy atom. The van der Waals surface area contributed by atoms with Crippen molar-refractivity contribution in [1.82, 2.24) is 20.3 Å². The minimum atomic E-state index is -0.150. The number of methoxy groups -OCH3 is 1. The molecule has 2 aromatic rings. The van der Waals surface area contributed by atoms with E-state index in [0.717, 1.165) is 25.9 Å². The van der Waals surface area contributed by atoms with Crippen LogP contribution in [0.3, 0.4) is 0 Å². The summed E-state index contributed by atoms with van der Waals surface area (Å²) in [5.41, 5.74) is 6.66. The summed E-state index contributed by atoms with van der Waals surface area (Å²) in [6.07, 6.45) is 3.43. The molecule has 1 saturated heterocycles. The number of rotatable bonds is 6. The van der Waals surface area contributed by atoms with E-state index in [-0.39, 0.29) is 11.9 Å². The second-order valence-electron chi connectivity index (χ2n) is 5.65. The summed E-state index contributed by atoms with van der Waals surface area (Å²) in [5, 5.41) is 0. The molecule has 24 heavy (non-hydrogen) atoms. The number of carbonyl (C=O) groups is 1. The maximum Gasteiger partial charge on any atom is 0.255 e. The van der Waals surface area contributed by atoms with Crippen LogP contribution in [0.2, 0.25) is 0 Å². The molecule has 126 valence electrons. The van der Waals surface area contributed by atoms with Crippen molar-refractivity contribution in [2.24, 2.45) is 0 Å². The minimum Gasteiger partial charge on any atom is -0.481 e. The fraction of sp³-hybridized carbons (Fsp3) is 0.353. The third kappa shape index (κ3) is 3.99. The van der Waals surface area contributed by atoms with Gasteiger partial charge in [-0.1, -0.05) is 30.3 Å². The van der Waals surface area contributed by atoms with Crippen LogP contribution in [0.25, 0.3) is 0 Å². The van der Waals surface area contributed by atoms with Crippen LogP contribution in [0.15, 0.2) is 42.6 Å². The molecule has 0 aliphatic carbocycles. The number of hydrogen-bond acceptors (Lipinski definition) is 6. The number of likely N-dealkylation sites (tertiary alicyclic amines) is 1. The monoisotopic (exact) mass is 327 g/mol. The quantitative estimate of drug-likeness (QED) is 0.785. The van der Waals surface area contributed by atoms with Crippen molar-refractivity contribution in [1.29, 1.82) is 0 Å². The lowest BCUT2D eigenvalue weighted by atomic mass is 10.2. The van der Waals surface area contributed by atoms with Crippen LogP contribution in [0.5, 0.6) is 5.88 Å². The summed E-state index contributed by atoms with van der Waals surface area (Å²) in [7, 11) is 1.53. The molecule has 1 amide bonds. The summed E-state index contributed by atoms with van der Waals surface area (Å²) in [4.78, 5) is 22.8. The first-order chi connectivity index (χ1) is 11.8. The first kappa shape index (κ1) is 16.2. The Morgan fingerprint density at radius 3 is 2.96 bits per heavy atom. The number of nitrogens with one attached hydrogen (secondary N) is 2. The molecular weight excluding hydrogens is 306 g/mol. The van der Waals surface area contributed by atoms with Gasteiger partial charge in [0.25, 0.3) is 5.91 Å². The number of amides is 1. The highest BCUT2D eigenvalue weighted by Crippen LogP contribution is 2.20. The normalized spacial score (nSPS) is 17.5. The number of ether oxygens (including phenoxy) is 1. The largest absolute Gasteiger partial charge is 0.481 e. The second kappa shape index (κ2) is 7.74. The first-order valence-corrected chi connectivity index (χ1v) is 7.97. The van der Waals surface area contributed by atoms with E-state index in [1.165, 1.54) is 12.7 Å². The summed E-state index contributed by atoms with van der Waals surface area (Å²) in [6.45, 7) is 1.69. The Labute approximate surface area is 141 Å². The average molecular weight is 327 g/mol. The lowest BCUT2D eigenvalue weighted by Gasteiger charge is -2.23. The van der Waals surface area contributed by atoms with Gasteiger partial charge in [0, 0.05) is 18.8 Å². The van der Waals surface area contributed by atoms with E-state index in [4.69, 9.17) is 4.74 Å². The topological polar surface area (TPSA) is 79.4 Å². The number of aromatic nitrogens is 2. The minimum absolute atomic E-state index is 0.0742. The van der Waals surface area contributed by atoms with Gasteiger partial charge in [-0.3, -0.25) is 20.5 Å². The fourth-order valence-corrected chi connectivity index (χ4v) is 2.85. The first-order valence-electron chi connectivity index (χ1n) is 7.97. The Kier molecular flexibility index (Phi) is 5.22. The van der Waals surface area contributed by atoms with E-state index >= 15 is 0 Å². The van der Waals surface area contributed by atoms with Crippen molar-refractivity contribution in [3.05, 3.63) is 48.2 Å². The van der Waals surface area contributed by atoms with Crippen LogP contribution in [-0.4, -0.2) is 40.5 Å². The van der Waals surface area contributed by atoms with Crippen LogP contribution in [-0.2, 0) is 11.3 Å². The Hall–Kier alpha value is -2.67. The smallest absolute Gasteiger partial charge is 0.255 e. The lowest BCUT2D eigenvalue weighted by molar-refractivity contribution is -0.125. The molecule has 1 fully saturated rings. The molecule has 3 rings (SSSR count). The maximum absolute atomic E-state index is 12.5. The van der Waals surface area contributed by atoms with Gasteiger partial charge in [0.05, 0.1) is 13.2 Å². The van der Waals surface area contributed by atoms with Gasteiger partial charge in [-0.25, -0.2) is 4.98 Å². The molecule has 0 saturated carbocycles. The lowest BCUT2D eigenvalue weighted by Crippen LogP contribution is -2.45. The van der Waals surface area contributed by atoms with Gasteiger partial charge in [0.1, 0.15) is 0 Å². The van der Waals surface area contributed by atoms with E-state index < -0.39 is 0 Å². The van der Waals surface area contributed by atoms with Crippen molar-refractivity contribution in [3.63, 3.8) is 0 Å². The Bertz CT molecular complexity index is 680. The van der Waals surface area contributed by atoms with Crippen LogP contribution in [0, 0.1) is 0 Å². The Balaban J connectivity index is 1.57. The van der Waals surface area contributed by atoms with Crippen LogP contribution in [0.4, 0.5) is 5.95 Å². The molecule has 1 aliphatic rings. The predicted octanol–water partition coefficient (Wildman–Crippen LogP) is 1.59.